The number of hydrogen-bond acceptors (Lipinski definition) is 5. The molecule has 1 aromatic carbocycles. The van der Waals surface area contributed by atoms with Gasteiger partial charge in [-0.2, -0.15) is 0 Å². The summed E-state index contributed by atoms with van der Waals surface area (Å²) >= 11 is 0. The molecule has 0 spiro atoms. The zero-order chi connectivity index (χ0) is 19.2. The smallest absolute Gasteiger partial charge is 0.274 e. The van der Waals surface area contributed by atoms with Gasteiger partial charge in [0.05, 0.1) is 0 Å². The van der Waals surface area contributed by atoms with Crippen LogP contribution in [0.2, 0.25) is 0 Å². The van der Waals surface area contributed by atoms with Gasteiger partial charge in [-0.05, 0) is 37.1 Å². The molecule has 7 nitrogen and oxygen atoms in total. The van der Waals surface area contributed by atoms with Crippen LogP contribution in [0.4, 0.5) is 5.69 Å². The molecule has 1 aromatic heterocycles. The van der Waals surface area contributed by atoms with Crippen molar-refractivity contribution in [3.63, 3.8) is 0 Å². The second-order valence-electron chi connectivity index (χ2n) is 6.24. The van der Waals surface area contributed by atoms with Crippen LogP contribution in [0.15, 0.2) is 36.5 Å². The molecule has 0 radical (unpaired) electrons. The SMILES string of the molecule is CCCN(CCC)C(=O)c1ccnc(C(=O)Nc2ccc3c(c2)OCO3)c1. The summed E-state index contributed by atoms with van der Waals surface area (Å²) in [5.74, 6) is 0.754. The summed E-state index contributed by atoms with van der Waals surface area (Å²) < 4.78 is 10.6. The van der Waals surface area contributed by atoms with Gasteiger partial charge < -0.3 is 19.7 Å². The lowest BCUT2D eigenvalue weighted by Crippen LogP contribution is -2.32. The summed E-state index contributed by atoms with van der Waals surface area (Å²) in [5.41, 5.74) is 1.22. The van der Waals surface area contributed by atoms with Gasteiger partial charge in [0.15, 0.2) is 11.5 Å². The Morgan fingerprint density at radius 3 is 2.56 bits per heavy atom. The molecule has 0 saturated carbocycles. The molecule has 1 N–H and O–H groups in total. The Kier molecular flexibility index (Phi) is 5.90. The summed E-state index contributed by atoms with van der Waals surface area (Å²) in [6.07, 6.45) is 3.25. The van der Waals surface area contributed by atoms with Gasteiger partial charge in [-0.3, -0.25) is 14.6 Å². The zero-order valence-electron chi connectivity index (χ0n) is 15.5. The summed E-state index contributed by atoms with van der Waals surface area (Å²) in [4.78, 5) is 31.2. The molecule has 0 aliphatic carbocycles. The van der Waals surface area contributed by atoms with Crippen LogP contribution in [0, 0.1) is 0 Å². The van der Waals surface area contributed by atoms with Crippen LogP contribution in [0.1, 0.15) is 47.5 Å². The summed E-state index contributed by atoms with van der Waals surface area (Å²) in [7, 11) is 0. The number of carbonyl (C=O) groups is 2. The number of pyridine rings is 1. The molecule has 1 aliphatic rings. The molecule has 3 rings (SSSR count). The van der Waals surface area contributed by atoms with Gasteiger partial charge in [0, 0.05) is 36.6 Å². The Hall–Kier alpha value is -3.09. The van der Waals surface area contributed by atoms with Gasteiger partial charge in [0.25, 0.3) is 11.8 Å². The molecule has 0 unspecified atom stereocenters. The highest BCUT2D eigenvalue weighted by atomic mass is 16.7. The van der Waals surface area contributed by atoms with E-state index in [1.54, 1.807) is 29.2 Å². The number of hydrogen-bond donors (Lipinski definition) is 1. The quantitative estimate of drug-likeness (QED) is 0.810. The largest absolute Gasteiger partial charge is 0.454 e. The van der Waals surface area contributed by atoms with E-state index in [4.69, 9.17) is 9.47 Å². The number of ether oxygens (including phenoxy) is 2. The van der Waals surface area contributed by atoms with Crippen LogP contribution in [0.3, 0.4) is 0 Å². The van der Waals surface area contributed by atoms with E-state index in [9.17, 15) is 9.59 Å². The van der Waals surface area contributed by atoms with Crippen LogP contribution in [-0.4, -0.2) is 41.6 Å². The number of carbonyl (C=O) groups excluding carboxylic acids is 2. The highest BCUT2D eigenvalue weighted by molar-refractivity contribution is 6.04. The lowest BCUT2D eigenvalue weighted by atomic mass is 10.1. The fraction of sp³-hybridized carbons (Fsp3) is 0.350. The van der Waals surface area contributed by atoms with Gasteiger partial charge in [-0.15, -0.1) is 0 Å². The van der Waals surface area contributed by atoms with Crippen LogP contribution >= 0.6 is 0 Å². The maximum absolute atomic E-state index is 12.7. The monoisotopic (exact) mass is 369 g/mol. The van der Waals surface area contributed by atoms with Crippen LogP contribution in [-0.2, 0) is 0 Å². The van der Waals surface area contributed by atoms with Gasteiger partial charge in [0.1, 0.15) is 5.69 Å². The molecular weight excluding hydrogens is 346 g/mol. The van der Waals surface area contributed by atoms with Crippen molar-refractivity contribution in [1.82, 2.24) is 9.88 Å². The van der Waals surface area contributed by atoms with Crippen LogP contribution in [0.25, 0.3) is 0 Å². The Morgan fingerprint density at radius 2 is 1.81 bits per heavy atom. The number of anilines is 1. The third-order valence-electron chi connectivity index (χ3n) is 4.14. The average Bonchev–Trinajstić information content (AvgIpc) is 3.15. The molecule has 2 amide bonds. The average molecular weight is 369 g/mol. The van der Waals surface area contributed by atoms with Crippen molar-refractivity contribution in [3.05, 3.63) is 47.8 Å². The minimum Gasteiger partial charge on any atom is -0.454 e. The number of amides is 2. The number of rotatable bonds is 7. The van der Waals surface area contributed by atoms with E-state index < -0.39 is 0 Å². The minimum atomic E-state index is -0.388. The van der Waals surface area contributed by atoms with Gasteiger partial charge in [-0.1, -0.05) is 13.8 Å². The molecular formula is C20H23N3O4. The number of benzene rings is 1. The maximum Gasteiger partial charge on any atom is 0.274 e. The third kappa shape index (κ3) is 4.36. The second kappa shape index (κ2) is 8.53. The Labute approximate surface area is 158 Å². The van der Waals surface area contributed by atoms with Crippen molar-refractivity contribution >= 4 is 17.5 Å². The van der Waals surface area contributed by atoms with Crippen molar-refractivity contribution in [3.8, 4) is 11.5 Å². The van der Waals surface area contributed by atoms with Crippen molar-refractivity contribution in [1.29, 1.82) is 0 Å². The molecule has 27 heavy (non-hydrogen) atoms. The summed E-state index contributed by atoms with van der Waals surface area (Å²) in [6.45, 7) is 5.62. The van der Waals surface area contributed by atoms with Crippen molar-refractivity contribution in [2.24, 2.45) is 0 Å². The fourth-order valence-electron chi connectivity index (χ4n) is 2.89. The van der Waals surface area contributed by atoms with E-state index in [-0.39, 0.29) is 24.3 Å². The number of nitrogens with one attached hydrogen (secondary N) is 1. The minimum absolute atomic E-state index is 0.0850. The molecule has 2 heterocycles. The molecule has 7 heteroatoms. The Bertz CT molecular complexity index is 832. The highest BCUT2D eigenvalue weighted by Crippen LogP contribution is 2.34. The fourth-order valence-corrected chi connectivity index (χ4v) is 2.89. The molecule has 0 bridgehead atoms. The first-order valence-corrected chi connectivity index (χ1v) is 9.08. The molecule has 0 fully saturated rings. The van der Waals surface area contributed by atoms with E-state index in [0.29, 0.717) is 35.8 Å². The van der Waals surface area contributed by atoms with Crippen LogP contribution in [0.5, 0.6) is 11.5 Å². The third-order valence-corrected chi connectivity index (χ3v) is 4.14. The van der Waals surface area contributed by atoms with Crippen LogP contribution < -0.4 is 14.8 Å². The predicted octanol–water partition coefficient (Wildman–Crippen LogP) is 3.32. The van der Waals surface area contributed by atoms with E-state index in [1.165, 1.54) is 12.3 Å². The second-order valence-corrected chi connectivity index (χ2v) is 6.24. The first-order chi connectivity index (χ1) is 13.1. The lowest BCUT2D eigenvalue weighted by molar-refractivity contribution is 0.0755. The van der Waals surface area contributed by atoms with Crippen molar-refractivity contribution in [2.75, 3.05) is 25.2 Å². The Morgan fingerprint density at radius 1 is 1.07 bits per heavy atom. The molecule has 0 atom stereocenters. The van der Waals surface area contributed by atoms with E-state index in [2.05, 4.69) is 10.3 Å². The standard InChI is InChI=1S/C20H23N3O4/c1-3-9-23(10-4-2)20(25)14-7-8-21-16(11-14)19(24)22-15-5-6-17-18(12-15)27-13-26-17/h5-8,11-12H,3-4,9-10,13H2,1-2H3,(H,22,24). The molecule has 1 aliphatic heterocycles. The summed E-state index contributed by atoms with van der Waals surface area (Å²) in [5, 5.41) is 2.77. The van der Waals surface area contributed by atoms with E-state index in [1.807, 2.05) is 13.8 Å². The molecule has 2 aromatic rings. The molecule has 142 valence electrons. The van der Waals surface area contributed by atoms with Crippen molar-refractivity contribution < 1.29 is 19.1 Å². The molecule has 0 saturated heterocycles. The lowest BCUT2D eigenvalue weighted by Gasteiger charge is -2.21. The number of fused-ring (bicyclic) bond motifs is 1. The van der Waals surface area contributed by atoms with Gasteiger partial charge >= 0.3 is 0 Å². The zero-order valence-corrected chi connectivity index (χ0v) is 15.5. The highest BCUT2D eigenvalue weighted by Gasteiger charge is 2.18. The van der Waals surface area contributed by atoms with Crippen molar-refractivity contribution in [2.45, 2.75) is 26.7 Å². The van der Waals surface area contributed by atoms with E-state index >= 15 is 0 Å². The maximum atomic E-state index is 12.7. The Balaban J connectivity index is 1.74. The van der Waals surface area contributed by atoms with E-state index in [0.717, 1.165) is 12.8 Å². The first kappa shape index (κ1) is 18.7. The number of aromatic nitrogens is 1. The number of nitrogens with zero attached hydrogens (tertiary/aromatic N) is 2. The normalized spacial score (nSPS) is 11.9. The van der Waals surface area contributed by atoms with Gasteiger partial charge in [0.2, 0.25) is 6.79 Å². The topological polar surface area (TPSA) is 80.8 Å². The summed E-state index contributed by atoms with van der Waals surface area (Å²) in [6, 6.07) is 8.32. The first-order valence-electron chi connectivity index (χ1n) is 9.08. The van der Waals surface area contributed by atoms with Gasteiger partial charge in [-0.25, -0.2) is 0 Å². The predicted molar refractivity (Wildman–Crippen MR) is 101 cm³/mol.